The molecule has 0 aliphatic carbocycles. The van der Waals surface area contributed by atoms with Gasteiger partial charge in [0.25, 0.3) is 0 Å². The smallest absolute Gasteiger partial charge is 0.239 e. The van der Waals surface area contributed by atoms with Crippen molar-refractivity contribution in [2.75, 3.05) is 18.4 Å². The number of rotatable bonds is 18. The molecule has 0 saturated carbocycles. The third kappa shape index (κ3) is 13.4. The molecule has 3 nitrogen and oxygen atoms in total. The van der Waals surface area contributed by atoms with E-state index < -0.39 is 0 Å². The number of nitrogens with one attached hydrogen (secondary N) is 2. The van der Waals surface area contributed by atoms with Gasteiger partial charge >= 0.3 is 0 Å². The maximum Gasteiger partial charge on any atom is 0.239 e. The molecule has 0 radical (unpaired) electrons. The molecule has 0 fully saturated rings. The lowest BCUT2D eigenvalue weighted by Crippen LogP contribution is -2.30. The molecule has 0 saturated heterocycles. The highest BCUT2D eigenvalue weighted by Crippen LogP contribution is 2.17. The number of benzene rings is 1. The molecular formula is C26H46N2O. The highest BCUT2D eigenvalue weighted by atomic mass is 16.1. The van der Waals surface area contributed by atoms with Crippen LogP contribution in [0.4, 0.5) is 5.69 Å². The van der Waals surface area contributed by atoms with Crippen molar-refractivity contribution in [2.45, 2.75) is 111 Å². The van der Waals surface area contributed by atoms with Crippen LogP contribution in [-0.4, -0.2) is 19.0 Å². The van der Waals surface area contributed by atoms with Crippen molar-refractivity contribution < 1.29 is 4.79 Å². The summed E-state index contributed by atoms with van der Waals surface area (Å²) in [6, 6.07) is 6.15. The van der Waals surface area contributed by atoms with E-state index in [0.717, 1.165) is 18.7 Å². The van der Waals surface area contributed by atoms with Gasteiger partial charge in [-0.15, -0.1) is 0 Å². The highest BCUT2D eigenvalue weighted by molar-refractivity contribution is 5.81. The van der Waals surface area contributed by atoms with E-state index in [1.807, 2.05) is 12.1 Å². The molecule has 0 heterocycles. The van der Waals surface area contributed by atoms with Crippen molar-refractivity contribution in [2.24, 2.45) is 0 Å². The van der Waals surface area contributed by atoms with Gasteiger partial charge in [-0.05, 0) is 37.5 Å². The first-order valence-electron chi connectivity index (χ1n) is 12.2. The van der Waals surface area contributed by atoms with E-state index in [2.05, 4.69) is 37.5 Å². The molecule has 0 unspecified atom stereocenters. The fourth-order valence-corrected chi connectivity index (χ4v) is 3.73. The molecule has 0 spiro atoms. The molecule has 0 atom stereocenters. The number of carbonyl (C=O) groups excluding carboxylic acids is 1. The largest absolute Gasteiger partial charge is 0.376 e. The number of anilines is 1. The van der Waals surface area contributed by atoms with E-state index in [9.17, 15) is 4.79 Å². The average molecular weight is 403 g/mol. The van der Waals surface area contributed by atoms with Gasteiger partial charge in [-0.1, -0.05) is 103 Å². The van der Waals surface area contributed by atoms with Crippen molar-refractivity contribution in [1.82, 2.24) is 5.32 Å². The van der Waals surface area contributed by atoms with Crippen LogP contribution in [0.25, 0.3) is 0 Å². The van der Waals surface area contributed by atoms with Gasteiger partial charge in [0.1, 0.15) is 0 Å². The summed E-state index contributed by atoms with van der Waals surface area (Å²) >= 11 is 0. The van der Waals surface area contributed by atoms with Crippen LogP contribution in [0.3, 0.4) is 0 Å². The van der Waals surface area contributed by atoms with Gasteiger partial charge in [0, 0.05) is 12.2 Å². The van der Waals surface area contributed by atoms with Crippen molar-refractivity contribution in [3.05, 3.63) is 29.3 Å². The van der Waals surface area contributed by atoms with Crippen molar-refractivity contribution >= 4 is 11.6 Å². The Bertz CT molecular complexity index is 542. The zero-order chi connectivity index (χ0) is 21.2. The third-order valence-electron chi connectivity index (χ3n) is 5.90. The van der Waals surface area contributed by atoms with Gasteiger partial charge in [-0.3, -0.25) is 4.79 Å². The van der Waals surface area contributed by atoms with Gasteiger partial charge in [-0.25, -0.2) is 0 Å². The highest BCUT2D eigenvalue weighted by Gasteiger charge is 2.03. The monoisotopic (exact) mass is 402 g/mol. The molecule has 0 bridgehead atoms. The maximum atomic E-state index is 12.0. The zero-order valence-corrected chi connectivity index (χ0v) is 19.5. The second kappa shape index (κ2) is 17.4. The zero-order valence-electron chi connectivity index (χ0n) is 19.5. The predicted molar refractivity (Wildman–Crippen MR) is 128 cm³/mol. The third-order valence-corrected chi connectivity index (χ3v) is 5.90. The van der Waals surface area contributed by atoms with Gasteiger partial charge in [0.15, 0.2) is 0 Å². The van der Waals surface area contributed by atoms with Crippen LogP contribution < -0.4 is 10.6 Å². The number of hydrogen-bond donors (Lipinski definition) is 2. The van der Waals surface area contributed by atoms with Gasteiger partial charge < -0.3 is 10.6 Å². The summed E-state index contributed by atoms with van der Waals surface area (Å²) in [6.45, 7) is 7.61. The van der Waals surface area contributed by atoms with E-state index >= 15 is 0 Å². The quantitative estimate of drug-likeness (QED) is 0.253. The van der Waals surface area contributed by atoms with Crippen LogP contribution in [-0.2, 0) is 4.79 Å². The SMILES string of the molecule is CCCCCCCCCCCCCCCCNC(=O)CNc1cccc(C)c1C. The lowest BCUT2D eigenvalue weighted by molar-refractivity contribution is -0.119. The van der Waals surface area contributed by atoms with E-state index in [1.54, 1.807) is 0 Å². The van der Waals surface area contributed by atoms with Gasteiger partial charge in [0.05, 0.1) is 6.54 Å². The standard InChI is InChI=1S/C26H46N2O/c1-4-5-6-7-8-9-10-11-12-13-14-15-16-17-21-27-26(29)22-28-25-20-18-19-23(2)24(25)3/h18-20,28H,4-17,21-22H2,1-3H3,(H,27,29). The van der Waals surface area contributed by atoms with Gasteiger partial charge in [-0.2, -0.15) is 0 Å². The summed E-state index contributed by atoms with van der Waals surface area (Å²) in [7, 11) is 0. The summed E-state index contributed by atoms with van der Waals surface area (Å²) in [5.41, 5.74) is 3.52. The Morgan fingerprint density at radius 1 is 0.759 bits per heavy atom. The first-order chi connectivity index (χ1) is 14.1. The van der Waals surface area contributed by atoms with Crippen LogP contribution in [0.2, 0.25) is 0 Å². The molecule has 1 aromatic carbocycles. The first-order valence-corrected chi connectivity index (χ1v) is 12.2. The molecule has 166 valence electrons. The number of hydrogen-bond acceptors (Lipinski definition) is 2. The van der Waals surface area contributed by atoms with Crippen LogP contribution in [0, 0.1) is 13.8 Å². The summed E-state index contributed by atoms with van der Waals surface area (Å²) in [5, 5.41) is 6.27. The second-order valence-corrected chi connectivity index (χ2v) is 8.55. The molecule has 29 heavy (non-hydrogen) atoms. The van der Waals surface area contributed by atoms with Crippen LogP contribution in [0.15, 0.2) is 18.2 Å². The molecule has 0 aliphatic rings. The minimum absolute atomic E-state index is 0.0839. The van der Waals surface area contributed by atoms with E-state index in [0.29, 0.717) is 6.54 Å². The Morgan fingerprint density at radius 3 is 1.83 bits per heavy atom. The van der Waals surface area contributed by atoms with E-state index in [1.165, 1.54) is 94.6 Å². The molecular weight excluding hydrogens is 356 g/mol. The second-order valence-electron chi connectivity index (χ2n) is 8.55. The normalized spacial score (nSPS) is 10.9. The topological polar surface area (TPSA) is 41.1 Å². The predicted octanol–water partition coefficient (Wildman–Crippen LogP) is 7.31. The average Bonchev–Trinajstić information content (AvgIpc) is 2.72. The van der Waals surface area contributed by atoms with Crippen molar-refractivity contribution in [3.8, 4) is 0 Å². The number of aryl methyl sites for hydroxylation is 1. The van der Waals surface area contributed by atoms with Crippen LogP contribution in [0.5, 0.6) is 0 Å². The number of amides is 1. The Kier molecular flexibility index (Phi) is 15.3. The molecule has 1 amide bonds. The Balaban J connectivity index is 1.86. The molecule has 2 N–H and O–H groups in total. The van der Waals surface area contributed by atoms with Crippen LogP contribution >= 0.6 is 0 Å². The molecule has 1 aromatic rings. The molecule has 1 rings (SSSR count). The van der Waals surface area contributed by atoms with E-state index in [4.69, 9.17) is 0 Å². The summed E-state index contributed by atoms with van der Waals surface area (Å²) in [5.74, 6) is 0.0839. The Morgan fingerprint density at radius 2 is 1.28 bits per heavy atom. The fourth-order valence-electron chi connectivity index (χ4n) is 3.73. The minimum atomic E-state index is 0.0839. The minimum Gasteiger partial charge on any atom is -0.376 e. The number of carbonyl (C=O) groups is 1. The Labute approximate surface area is 180 Å². The Hall–Kier alpha value is -1.51. The van der Waals surface area contributed by atoms with Crippen molar-refractivity contribution in [3.63, 3.8) is 0 Å². The lowest BCUT2D eigenvalue weighted by Gasteiger charge is -2.11. The summed E-state index contributed by atoms with van der Waals surface area (Å²) < 4.78 is 0. The maximum absolute atomic E-state index is 12.0. The molecule has 0 aromatic heterocycles. The van der Waals surface area contributed by atoms with E-state index in [-0.39, 0.29) is 5.91 Å². The van der Waals surface area contributed by atoms with Crippen molar-refractivity contribution in [1.29, 1.82) is 0 Å². The van der Waals surface area contributed by atoms with Crippen LogP contribution in [0.1, 0.15) is 108 Å². The fraction of sp³-hybridized carbons (Fsp3) is 0.731. The number of unbranched alkanes of at least 4 members (excludes halogenated alkanes) is 13. The lowest BCUT2D eigenvalue weighted by atomic mass is 10.0. The molecule has 0 aliphatic heterocycles. The molecule has 3 heteroatoms. The van der Waals surface area contributed by atoms with Gasteiger partial charge in [0.2, 0.25) is 5.91 Å². The first kappa shape index (κ1) is 25.5. The summed E-state index contributed by atoms with van der Waals surface area (Å²) in [6.07, 6.45) is 19.1. The summed E-state index contributed by atoms with van der Waals surface area (Å²) in [4.78, 5) is 12.0.